The largest absolute Gasteiger partial charge is 0.497 e. The topological polar surface area (TPSA) is 102 Å². The first-order chi connectivity index (χ1) is 15.9. The number of nitrogens with one attached hydrogen (secondary N) is 1. The van der Waals surface area contributed by atoms with Crippen molar-refractivity contribution in [1.29, 1.82) is 0 Å². The molecule has 0 spiro atoms. The van der Waals surface area contributed by atoms with Crippen LogP contribution in [0.3, 0.4) is 0 Å². The smallest absolute Gasteiger partial charge is 0.257 e. The average Bonchev–Trinajstić information content (AvgIpc) is 3.51. The van der Waals surface area contributed by atoms with Crippen molar-refractivity contribution in [2.75, 3.05) is 19.5 Å². The van der Waals surface area contributed by atoms with Gasteiger partial charge >= 0.3 is 0 Å². The lowest BCUT2D eigenvalue weighted by molar-refractivity contribution is 0.102. The van der Waals surface area contributed by atoms with Gasteiger partial charge in [0, 0.05) is 23.6 Å². The standard InChI is InChI=1S/C23H21N3O5S2/c1-26(14-19-4-3-13-31-19)33(28,29)20-11-7-17(8-12-20)22(27)25-23-24-21(15-32-23)16-5-9-18(30-2)10-6-16/h3-13,15H,14H2,1-2H3,(H,24,25,27). The number of thiazole rings is 1. The van der Waals surface area contributed by atoms with Gasteiger partial charge in [-0.25, -0.2) is 13.4 Å². The van der Waals surface area contributed by atoms with Crippen LogP contribution in [0.5, 0.6) is 5.75 Å². The summed E-state index contributed by atoms with van der Waals surface area (Å²) in [5, 5.41) is 5.05. The number of methoxy groups -OCH3 is 1. The molecule has 1 N–H and O–H groups in total. The number of hydrogen-bond acceptors (Lipinski definition) is 7. The summed E-state index contributed by atoms with van der Waals surface area (Å²) >= 11 is 1.30. The Kier molecular flexibility index (Phi) is 6.59. The third-order valence-electron chi connectivity index (χ3n) is 4.89. The normalized spacial score (nSPS) is 11.5. The van der Waals surface area contributed by atoms with Crippen molar-refractivity contribution in [2.45, 2.75) is 11.4 Å². The Balaban J connectivity index is 1.42. The van der Waals surface area contributed by atoms with E-state index in [2.05, 4.69) is 10.3 Å². The highest BCUT2D eigenvalue weighted by molar-refractivity contribution is 7.89. The Hall–Kier alpha value is -3.47. The lowest BCUT2D eigenvalue weighted by atomic mass is 10.2. The number of amides is 1. The van der Waals surface area contributed by atoms with Gasteiger partial charge in [-0.05, 0) is 60.7 Å². The van der Waals surface area contributed by atoms with Crippen molar-refractivity contribution >= 4 is 32.4 Å². The Morgan fingerprint density at radius 2 is 1.85 bits per heavy atom. The lowest BCUT2D eigenvalue weighted by Gasteiger charge is -2.16. The van der Waals surface area contributed by atoms with Crippen LogP contribution in [0.1, 0.15) is 16.1 Å². The van der Waals surface area contributed by atoms with Crippen molar-refractivity contribution < 1.29 is 22.4 Å². The summed E-state index contributed by atoms with van der Waals surface area (Å²) in [5.74, 6) is 0.910. The summed E-state index contributed by atoms with van der Waals surface area (Å²) < 4.78 is 37.1. The number of sulfonamides is 1. The molecule has 0 saturated carbocycles. The van der Waals surface area contributed by atoms with Crippen LogP contribution in [-0.2, 0) is 16.6 Å². The van der Waals surface area contributed by atoms with Gasteiger partial charge in [-0.1, -0.05) is 0 Å². The molecule has 0 atom stereocenters. The summed E-state index contributed by atoms with van der Waals surface area (Å²) in [4.78, 5) is 17.2. The molecule has 170 valence electrons. The maximum atomic E-state index is 12.8. The lowest BCUT2D eigenvalue weighted by Crippen LogP contribution is -2.26. The SMILES string of the molecule is COc1ccc(-c2csc(NC(=O)c3ccc(S(=O)(=O)N(C)Cc4ccco4)cc3)n2)cc1. The first-order valence-electron chi connectivity index (χ1n) is 9.87. The van der Waals surface area contributed by atoms with Crippen LogP contribution in [-0.4, -0.2) is 37.8 Å². The zero-order valence-electron chi connectivity index (χ0n) is 17.9. The maximum absolute atomic E-state index is 12.8. The van der Waals surface area contributed by atoms with Gasteiger partial charge in [0.25, 0.3) is 5.91 Å². The molecule has 0 radical (unpaired) electrons. The number of anilines is 1. The highest BCUT2D eigenvalue weighted by Gasteiger charge is 2.22. The minimum atomic E-state index is -3.73. The van der Waals surface area contributed by atoms with E-state index in [1.54, 1.807) is 19.2 Å². The maximum Gasteiger partial charge on any atom is 0.257 e. The van der Waals surface area contributed by atoms with Gasteiger partial charge < -0.3 is 9.15 Å². The molecule has 2 heterocycles. The van der Waals surface area contributed by atoms with E-state index >= 15 is 0 Å². The molecule has 2 aromatic heterocycles. The molecule has 0 fully saturated rings. The van der Waals surface area contributed by atoms with E-state index in [0.717, 1.165) is 17.0 Å². The van der Waals surface area contributed by atoms with Gasteiger partial charge in [0.1, 0.15) is 11.5 Å². The van der Waals surface area contributed by atoms with Crippen LogP contribution in [0, 0.1) is 0 Å². The predicted molar refractivity (Wildman–Crippen MR) is 126 cm³/mol. The molecule has 0 saturated heterocycles. The highest BCUT2D eigenvalue weighted by atomic mass is 32.2. The minimum absolute atomic E-state index is 0.0872. The van der Waals surface area contributed by atoms with Gasteiger partial charge in [0.2, 0.25) is 10.0 Å². The van der Waals surface area contributed by atoms with Crippen LogP contribution in [0.25, 0.3) is 11.3 Å². The quantitative estimate of drug-likeness (QED) is 0.396. The van der Waals surface area contributed by atoms with Crippen LogP contribution in [0.15, 0.2) is 81.6 Å². The first-order valence-corrected chi connectivity index (χ1v) is 12.2. The summed E-state index contributed by atoms with van der Waals surface area (Å²) in [7, 11) is -0.649. The van der Waals surface area contributed by atoms with Crippen molar-refractivity contribution in [2.24, 2.45) is 0 Å². The van der Waals surface area contributed by atoms with E-state index in [-0.39, 0.29) is 17.3 Å². The predicted octanol–water partition coefficient (Wildman–Crippen LogP) is 4.48. The Labute approximate surface area is 195 Å². The second-order valence-corrected chi connectivity index (χ2v) is 9.99. The number of carbonyl (C=O) groups is 1. The minimum Gasteiger partial charge on any atom is -0.497 e. The summed E-state index contributed by atoms with van der Waals surface area (Å²) in [5.41, 5.74) is 1.96. The van der Waals surface area contributed by atoms with Gasteiger partial charge in [-0.15, -0.1) is 11.3 Å². The van der Waals surface area contributed by atoms with E-state index in [4.69, 9.17) is 9.15 Å². The fourth-order valence-corrected chi connectivity index (χ4v) is 4.91. The molecule has 2 aromatic carbocycles. The number of rotatable bonds is 8. The summed E-state index contributed by atoms with van der Waals surface area (Å²) in [6.45, 7) is 0.109. The molecule has 0 aliphatic rings. The van der Waals surface area contributed by atoms with E-state index in [1.807, 2.05) is 29.6 Å². The highest BCUT2D eigenvalue weighted by Crippen LogP contribution is 2.27. The van der Waals surface area contributed by atoms with Crippen molar-refractivity contribution in [3.8, 4) is 17.0 Å². The van der Waals surface area contributed by atoms with E-state index in [1.165, 1.54) is 53.2 Å². The fraction of sp³-hybridized carbons (Fsp3) is 0.130. The van der Waals surface area contributed by atoms with E-state index in [9.17, 15) is 13.2 Å². The van der Waals surface area contributed by atoms with Gasteiger partial charge in [0.15, 0.2) is 5.13 Å². The number of benzene rings is 2. The molecule has 0 aliphatic carbocycles. The molecule has 0 bridgehead atoms. The zero-order valence-corrected chi connectivity index (χ0v) is 19.5. The van der Waals surface area contributed by atoms with Crippen LogP contribution >= 0.6 is 11.3 Å². The summed E-state index contributed by atoms with van der Waals surface area (Å²) in [6, 6.07) is 16.6. The van der Waals surface area contributed by atoms with Crippen molar-refractivity contribution in [3.63, 3.8) is 0 Å². The van der Waals surface area contributed by atoms with Crippen molar-refractivity contribution in [3.05, 3.63) is 83.6 Å². The number of aromatic nitrogens is 1. The third-order valence-corrected chi connectivity index (χ3v) is 7.47. The number of carbonyl (C=O) groups excluding carboxylic acids is 1. The van der Waals surface area contributed by atoms with Crippen LogP contribution in [0.2, 0.25) is 0 Å². The third kappa shape index (κ3) is 5.14. The number of furan rings is 1. The molecule has 0 aliphatic heterocycles. The average molecular weight is 484 g/mol. The zero-order chi connectivity index (χ0) is 23.4. The number of hydrogen-bond donors (Lipinski definition) is 1. The Bertz CT molecular complexity index is 1330. The van der Waals surface area contributed by atoms with Crippen LogP contribution in [0.4, 0.5) is 5.13 Å². The number of nitrogens with zero attached hydrogens (tertiary/aromatic N) is 2. The monoisotopic (exact) mass is 483 g/mol. The Morgan fingerprint density at radius 3 is 2.48 bits per heavy atom. The van der Waals surface area contributed by atoms with Gasteiger partial charge in [-0.3, -0.25) is 10.1 Å². The first kappa shape index (κ1) is 22.7. The molecule has 10 heteroatoms. The van der Waals surface area contributed by atoms with Crippen LogP contribution < -0.4 is 10.1 Å². The number of ether oxygens (including phenoxy) is 1. The molecule has 1 amide bonds. The molecule has 8 nitrogen and oxygen atoms in total. The molecular formula is C23H21N3O5S2. The Morgan fingerprint density at radius 1 is 1.12 bits per heavy atom. The molecular weight excluding hydrogens is 462 g/mol. The van der Waals surface area contributed by atoms with E-state index < -0.39 is 10.0 Å². The molecule has 33 heavy (non-hydrogen) atoms. The van der Waals surface area contributed by atoms with E-state index in [0.29, 0.717) is 16.5 Å². The van der Waals surface area contributed by atoms with Crippen molar-refractivity contribution in [1.82, 2.24) is 9.29 Å². The molecule has 4 rings (SSSR count). The molecule has 0 unspecified atom stereocenters. The van der Waals surface area contributed by atoms with Gasteiger partial charge in [0.05, 0.1) is 30.5 Å². The second kappa shape index (κ2) is 9.57. The fourth-order valence-electron chi connectivity index (χ4n) is 3.06. The molecule has 4 aromatic rings. The summed E-state index contributed by atoms with van der Waals surface area (Å²) in [6.07, 6.45) is 1.49. The van der Waals surface area contributed by atoms with Gasteiger partial charge in [-0.2, -0.15) is 4.31 Å². The second-order valence-electron chi connectivity index (χ2n) is 7.09.